The highest BCUT2D eigenvalue weighted by atomic mass is 79.9. The van der Waals surface area contributed by atoms with E-state index in [1.165, 1.54) is 0 Å². The molecule has 1 amide bonds. The lowest BCUT2D eigenvalue weighted by Gasteiger charge is -2.06. The summed E-state index contributed by atoms with van der Waals surface area (Å²) in [6.07, 6.45) is 2.26. The normalized spacial score (nSPS) is 10.9. The Morgan fingerprint density at radius 1 is 1.50 bits per heavy atom. The predicted octanol–water partition coefficient (Wildman–Crippen LogP) is 2.91. The molecule has 0 heterocycles. The number of nitrogens with one attached hydrogen (secondary N) is 1. The van der Waals surface area contributed by atoms with E-state index >= 15 is 0 Å². The topological polar surface area (TPSA) is 71.3 Å². The van der Waals surface area contributed by atoms with Crippen molar-refractivity contribution in [3.8, 4) is 11.8 Å². The summed E-state index contributed by atoms with van der Waals surface area (Å²) in [5, 5.41) is 11.8. The summed E-state index contributed by atoms with van der Waals surface area (Å²) in [7, 11) is 1.58. The Bertz CT molecular complexity index is 579. The standard InChI is InChI=1S/C16H19BrN2O3/c1-3-22-8-4-7-19-16(20)13(11-18)9-12-5-6-15(21-2)14(17)10-12/h5-6,9-10H,3-4,7-8H2,1-2H3,(H,19,20)/b13-9+. The van der Waals surface area contributed by atoms with Crippen LogP contribution >= 0.6 is 15.9 Å². The van der Waals surface area contributed by atoms with Gasteiger partial charge in [-0.25, -0.2) is 0 Å². The van der Waals surface area contributed by atoms with Crippen molar-refractivity contribution in [1.82, 2.24) is 5.32 Å². The van der Waals surface area contributed by atoms with Gasteiger partial charge in [-0.15, -0.1) is 0 Å². The maximum absolute atomic E-state index is 11.9. The minimum absolute atomic E-state index is 0.0634. The Kier molecular flexibility index (Phi) is 8.26. The Morgan fingerprint density at radius 2 is 2.27 bits per heavy atom. The first-order chi connectivity index (χ1) is 10.6. The molecular weight excluding hydrogens is 348 g/mol. The molecule has 0 radical (unpaired) electrons. The molecule has 0 aliphatic carbocycles. The number of methoxy groups -OCH3 is 1. The molecule has 0 aromatic heterocycles. The van der Waals surface area contributed by atoms with Crippen molar-refractivity contribution in [1.29, 1.82) is 5.26 Å². The Labute approximate surface area is 139 Å². The minimum atomic E-state index is -0.383. The zero-order valence-corrected chi connectivity index (χ0v) is 14.3. The number of nitriles is 1. The lowest BCUT2D eigenvalue weighted by Crippen LogP contribution is -2.26. The maximum Gasteiger partial charge on any atom is 0.261 e. The van der Waals surface area contributed by atoms with Gasteiger partial charge >= 0.3 is 0 Å². The van der Waals surface area contributed by atoms with E-state index < -0.39 is 0 Å². The van der Waals surface area contributed by atoms with Gasteiger partial charge in [0.1, 0.15) is 17.4 Å². The molecular formula is C16H19BrN2O3. The average molecular weight is 367 g/mol. The molecule has 118 valence electrons. The fourth-order valence-corrected chi connectivity index (χ4v) is 2.26. The number of carbonyl (C=O) groups is 1. The van der Waals surface area contributed by atoms with Crippen molar-refractivity contribution in [3.63, 3.8) is 0 Å². The number of rotatable bonds is 8. The van der Waals surface area contributed by atoms with Crippen LogP contribution in [0.3, 0.4) is 0 Å². The highest BCUT2D eigenvalue weighted by Crippen LogP contribution is 2.26. The SMILES string of the molecule is CCOCCCNC(=O)/C(C#N)=C/c1ccc(OC)c(Br)c1. The van der Waals surface area contributed by atoms with Crippen LogP contribution in [0.2, 0.25) is 0 Å². The summed E-state index contributed by atoms with van der Waals surface area (Å²) in [5.41, 5.74) is 0.808. The van der Waals surface area contributed by atoms with Crippen LogP contribution in [0.5, 0.6) is 5.75 Å². The van der Waals surface area contributed by atoms with Crippen molar-refractivity contribution in [2.24, 2.45) is 0 Å². The van der Waals surface area contributed by atoms with E-state index in [9.17, 15) is 4.79 Å². The molecule has 5 nitrogen and oxygen atoms in total. The second-order valence-electron chi connectivity index (χ2n) is 4.37. The van der Waals surface area contributed by atoms with E-state index in [2.05, 4.69) is 21.2 Å². The molecule has 0 atom stereocenters. The number of carbonyl (C=O) groups excluding carboxylic acids is 1. The first kappa shape index (κ1) is 18.2. The smallest absolute Gasteiger partial charge is 0.261 e. The molecule has 0 fully saturated rings. The third-order valence-electron chi connectivity index (χ3n) is 2.81. The molecule has 0 bridgehead atoms. The summed E-state index contributed by atoms with van der Waals surface area (Å²) < 4.78 is 11.1. The van der Waals surface area contributed by atoms with E-state index in [1.54, 1.807) is 31.4 Å². The second-order valence-corrected chi connectivity index (χ2v) is 5.22. The minimum Gasteiger partial charge on any atom is -0.496 e. The van der Waals surface area contributed by atoms with Crippen LogP contribution in [0.25, 0.3) is 6.08 Å². The van der Waals surface area contributed by atoms with Crippen molar-refractivity contribution < 1.29 is 14.3 Å². The van der Waals surface area contributed by atoms with Gasteiger partial charge in [-0.1, -0.05) is 6.07 Å². The summed E-state index contributed by atoms with van der Waals surface area (Å²) in [6.45, 7) is 3.64. The molecule has 0 saturated heterocycles. The van der Waals surface area contributed by atoms with Crippen LogP contribution in [-0.4, -0.2) is 32.8 Å². The molecule has 0 unspecified atom stereocenters. The number of benzene rings is 1. The number of amides is 1. The van der Waals surface area contributed by atoms with Crippen LogP contribution in [0, 0.1) is 11.3 Å². The zero-order chi connectivity index (χ0) is 16.4. The van der Waals surface area contributed by atoms with Gasteiger partial charge in [0.25, 0.3) is 5.91 Å². The third kappa shape index (κ3) is 5.88. The van der Waals surface area contributed by atoms with Crippen LogP contribution in [0.15, 0.2) is 28.2 Å². The first-order valence-corrected chi connectivity index (χ1v) is 7.73. The predicted molar refractivity (Wildman–Crippen MR) is 88.4 cm³/mol. The lowest BCUT2D eigenvalue weighted by molar-refractivity contribution is -0.117. The first-order valence-electron chi connectivity index (χ1n) is 6.93. The summed E-state index contributed by atoms with van der Waals surface area (Å²) >= 11 is 3.37. The quantitative estimate of drug-likeness (QED) is 0.436. The van der Waals surface area contributed by atoms with Gasteiger partial charge in [0.15, 0.2) is 0 Å². The third-order valence-corrected chi connectivity index (χ3v) is 3.43. The highest BCUT2D eigenvalue weighted by molar-refractivity contribution is 9.10. The molecule has 0 spiro atoms. The monoisotopic (exact) mass is 366 g/mol. The van der Waals surface area contributed by atoms with Crippen LogP contribution in [0.1, 0.15) is 18.9 Å². The fourth-order valence-electron chi connectivity index (χ4n) is 1.70. The molecule has 1 N–H and O–H groups in total. The molecule has 0 aliphatic heterocycles. The molecule has 1 rings (SSSR count). The van der Waals surface area contributed by atoms with Gasteiger partial charge in [0.05, 0.1) is 11.6 Å². The Hall–Kier alpha value is -1.84. The van der Waals surface area contributed by atoms with Crippen LogP contribution in [0.4, 0.5) is 0 Å². The summed E-state index contributed by atoms with van der Waals surface area (Å²) in [4.78, 5) is 11.9. The Balaban J connectivity index is 2.68. The summed E-state index contributed by atoms with van der Waals surface area (Å²) in [6, 6.07) is 7.26. The van der Waals surface area contributed by atoms with Crippen LogP contribution < -0.4 is 10.1 Å². The second kappa shape index (κ2) is 9.98. The van der Waals surface area contributed by atoms with Gasteiger partial charge in [0.2, 0.25) is 0 Å². The average Bonchev–Trinajstić information content (AvgIpc) is 2.52. The number of halogens is 1. The summed E-state index contributed by atoms with van der Waals surface area (Å²) in [5.74, 6) is 0.307. The van der Waals surface area contributed by atoms with Crippen LogP contribution in [-0.2, 0) is 9.53 Å². The molecule has 0 aliphatic rings. The van der Waals surface area contributed by atoms with Gasteiger partial charge < -0.3 is 14.8 Å². The van der Waals surface area contributed by atoms with E-state index in [-0.39, 0.29) is 11.5 Å². The van der Waals surface area contributed by atoms with E-state index in [1.807, 2.05) is 13.0 Å². The van der Waals surface area contributed by atoms with Crippen molar-refractivity contribution in [2.45, 2.75) is 13.3 Å². The van der Waals surface area contributed by atoms with Gasteiger partial charge in [-0.3, -0.25) is 4.79 Å². The fraction of sp³-hybridized carbons (Fsp3) is 0.375. The number of nitrogens with zero attached hydrogens (tertiary/aromatic N) is 1. The number of hydrogen-bond donors (Lipinski definition) is 1. The van der Waals surface area contributed by atoms with E-state index in [0.29, 0.717) is 31.9 Å². The van der Waals surface area contributed by atoms with Gasteiger partial charge in [-0.05, 0) is 53.0 Å². The molecule has 1 aromatic rings. The molecule has 6 heteroatoms. The van der Waals surface area contributed by atoms with Crippen molar-refractivity contribution >= 4 is 27.9 Å². The largest absolute Gasteiger partial charge is 0.496 e. The van der Waals surface area contributed by atoms with Crippen molar-refractivity contribution in [2.75, 3.05) is 26.9 Å². The number of hydrogen-bond acceptors (Lipinski definition) is 4. The maximum atomic E-state index is 11.9. The van der Waals surface area contributed by atoms with E-state index in [4.69, 9.17) is 14.7 Å². The Morgan fingerprint density at radius 3 is 2.86 bits per heavy atom. The number of ether oxygens (including phenoxy) is 2. The highest BCUT2D eigenvalue weighted by Gasteiger charge is 2.09. The molecule has 1 aromatic carbocycles. The van der Waals surface area contributed by atoms with Crippen molar-refractivity contribution in [3.05, 3.63) is 33.8 Å². The van der Waals surface area contributed by atoms with Gasteiger partial charge in [0, 0.05) is 19.8 Å². The molecule has 0 saturated carbocycles. The van der Waals surface area contributed by atoms with E-state index in [0.717, 1.165) is 10.0 Å². The lowest BCUT2D eigenvalue weighted by atomic mass is 10.1. The molecule has 22 heavy (non-hydrogen) atoms. The zero-order valence-electron chi connectivity index (χ0n) is 12.7. The van der Waals surface area contributed by atoms with Gasteiger partial charge in [-0.2, -0.15) is 5.26 Å².